The van der Waals surface area contributed by atoms with Crippen LogP contribution in [0.3, 0.4) is 0 Å². The van der Waals surface area contributed by atoms with E-state index in [1.54, 1.807) is 12.3 Å². The molecule has 3 rings (SSSR count). The Balaban J connectivity index is 2.65. The molecule has 3 aromatic rings. The number of H-pyrrole nitrogens is 1. The lowest BCUT2D eigenvalue weighted by molar-refractivity contribution is 1.33. The SMILES string of the molecule is Clc1ccc2[nH]c3ncc(Br)c(Cl)c3c2c1Cl. The van der Waals surface area contributed by atoms with Crippen LogP contribution in [-0.2, 0) is 0 Å². The molecule has 0 saturated heterocycles. The van der Waals surface area contributed by atoms with Crippen LogP contribution in [-0.4, -0.2) is 9.97 Å². The lowest BCUT2D eigenvalue weighted by atomic mass is 10.2. The van der Waals surface area contributed by atoms with Gasteiger partial charge in [0, 0.05) is 22.5 Å². The number of aromatic nitrogens is 2. The second-order valence-electron chi connectivity index (χ2n) is 3.55. The summed E-state index contributed by atoms with van der Waals surface area (Å²) in [4.78, 5) is 7.42. The van der Waals surface area contributed by atoms with E-state index in [1.807, 2.05) is 6.07 Å². The summed E-state index contributed by atoms with van der Waals surface area (Å²) in [6, 6.07) is 3.60. The maximum atomic E-state index is 6.26. The van der Waals surface area contributed by atoms with Crippen LogP contribution in [0.2, 0.25) is 15.1 Å². The van der Waals surface area contributed by atoms with Crippen molar-refractivity contribution >= 4 is 72.7 Å². The highest BCUT2D eigenvalue weighted by molar-refractivity contribution is 9.10. The van der Waals surface area contributed by atoms with E-state index in [2.05, 4.69) is 25.9 Å². The molecule has 0 radical (unpaired) electrons. The van der Waals surface area contributed by atoms with Crippen LogP contribution < -0.4 is 0 Å². The van der Waals surface area contributed by atoms with Gasteiger partial charge in [0.05, 0.1) is 19.5 Å². The molecule has 0 atom stereocenters. The van der Waals surface area contributed by atoms with E-state index in [1.165, 1.54) is 0 Å². The molecule has 0 amide bonds. The van der Waals surface area contributed by atoms with Gasteiger partial charge in [0.15, 0.2) is 0 Å². The van der Waals surface area contributed by atoms with Gasteiger partial charge in [-0.2, -0.15) is 0 Å². The minimum Gasteiger partial charge on any atom is -0.339 e. The summed E-state index contributed by atoms with van der Waals surface area (Å²) in [6.07, 6.45) is 1.65. The van der Waals surface area contributed by atoms with Gasteiger partial charge < -0.3 is 4.98 Å². The number of nitrogens with one attached hydrogen (secondary N) is 1. The molecular formula is C11H4BrCl3N2. The van der Waals surface area contributed by atoms with Crippen molar-refractivity contribution in [3.63, 3.8) is 0 Å². The summed E-state index contributed by atoms with van der Waals surface area (Å²) >= 11 is 21.8. The Morgan fingerprint density at radius 2 is 1.82 bits per heavy atom. The zero-order valence-corrected chi connectivity index (χ0v) is 12.0. The summed E-state index contributed by atoms with van der Waals surface area (Å²) in [7, 11) is 0. The van der Waals surface area contributed by atoms with Crippen molar-refractivity contribution in [1.29, 1.82) is 0 Å². The maximum Gasteiger partial charge on any atom is 0.139 e. The molecule has 0 saturated carbocycles. The van der Waals surface area contributed by atoms with Crippen molar-refractivity contribution in [1.82, 2.24) is 9.97 Å². The Morgan fingerprint density at radius 3 is 2.59 bits per heavy atom. The van der Waals surface area contributed by atoms with Crippen LogP contribution >= 0.6 is 50.7 Å². The Labute approximate surface area is 120 Å². The molecule has 0 spiro atoms. The number of halogens is 4. The Kier molecular flexibility index (Phi) is 2.75. The van der Waals surface area contributed by atoms with Gasteiger partial charge in [-0.1, -0.05) is 34.8 Å². The number of hydrogen-bond acceptors (Lipinski definition) is 1. The maximum absolute atomic E-state index is 6.26. The summed E-state index contributed by atoms with van der Waals surface area (Å²) < 4.78 is 0.726. The van der Waals surface area contributed by atoms with Crippen molar-refractivity contribution in [2.45, 2.75) is 0 Å². The number of benzene rings is 1. The first-order valence-corrected chi connectivity index (χ1v) is 6.61. The molecule has 0 bridgehead atoms. The van der Waals surface area contributed by atoms with Crippen molar-refractivity contribution in [3.05, 3.63) is 37.9 Å². The van der Waals surface area contributed by atoms with E-state index in [4.69, 9.17) is 34.8 Å². The molecule has 2 heterocycles. The number of pyridine rings is 1. The van der Waals surface area contributed by atoms with E-state index in [0.29, 0.717) is 20.7 Å². The Morgan fingerprint density at radius 1 is 1.06 bits per heavy atom. The van der Waals surface area contributed by atoms with Crippen LogP contribution in [0.4, 0.5) is 0 Å². The van der Waals surface area contributed by atoms with Gasteiger partial charge in [-0.25, -0.2) is 4.98 Å². The molecule has 2 nitrogen and oxygen atoms in total. The van der Waals surface area contributed by atoms with Gasteiger partial charge in [0.25, 0.3) is 0 Å². The molecule has 1 N–H and O–H groups in total. The molecule has 0 aliphatic carbocycles. The number of hydrogen-bond donors (Lipinski definition) is 1. The van der Waals surface area contributed by atoms with Crippen molar-refractivity contribution in [2.75, 3.05) is 0 Å². The molecule has 1 aromatic carbocycles. The average Bonchev–Trinajstić information content (AvgIpc) is 2.69. The monoisotopic (exact) mass is 348 g/mol. The molecule has 86 valence electrons. The van der Waals surface area contributed by atoms with Gasteiger partial charge >= 0.3 is 0 Å². The number of aromatic amines is 1. The lowest BCUT2D eigenvalue weighted by Gasteiger charge is -2.00. The molecule has 0 fully saturated rings. The fraction of sp³-hybridized carbons (Fsp3) is 0. The van der Waals surface area contributed by atoms with Crippen LogP contribution in [0.15, 0.2) is 22.8 Å². The zero-order valence-electron chi connectivity index (χ0n) is 8.19. The molecule has 6 heteroatoms. The van der Waals surface area contributed by atoms with E-state index in [0.717, 1.165) is 20.8 Å². The van der Waals surface area contributed by atoms with Crippen molar-refractivity contribution < 1.29 is 0 Å². The quantitative estimate of drug-likeness (QED) is 0.575. The third kappa shape index (κ3) is 1.65. The van der Waals surface area contributed by atoms with Gasteiger partial charge in [-0.15, -0.1) is 0 Å². The van der Waals surface area contributed by atoms with Gasteiger partial charge in [-0.3, -0.25) is 0 Å². The van der Waals surface area contributed by atoms with Gasteiger partial charge in [-0.05, 0) is 28.1 Å². The summed E-state index contributed by atoms with van der Waals surface area (Å²) in [5.41, 5.74) is 1.55. The predicted molar refractivity (Wildman–Crippen MR) is 76.3 cm³/mol. The second-order valence-corrected chi connectivity index (χ2v) is 5.57. The van der Waals surface area contributed by atoms with Crippen LogP contribution in [0, 0.1) is 0 Å². The van der Waals surface area contributed by atoms with E-state index in [9.17, 15) is 0 Å². The highest BCUT2D eigenvalue weighted by Gasteiger charge is 2.15. The predicted octanol–water partition coefficient (Wildman–Crippen LogP) is 5.44. The van der Waals surface area contributed by atoms with E-state index >= 15 is 0 Å². The topological polar surface area (TPSA) is 28.7 Å². The largest absolute Gasteiger partial charge is 0.339 e. The van der Waals surface area contributed by atoms with Crippen LogP contribution in [0.1, 0.15) is 0 Å². The number of nitrogens with zero attached hydrogens (tertiary/aromatic N) is 1. The first-order valence-electron chi connectivity index (χ1n) is 4.69. The minimum atomic E-state index is 0.484. The van der Waals surface area contributed by atoms with Crippen molar-refractivity contribution in [2.24, 2.45) is 0 Å². The third-order valence-electron chi connectivity index (χ3n) is 2.57. The zero-order chi connectivity index (χ0) is 12.2. The molecule has 0 aliphatic heterocycles. The fourth-order valence-corrected chi connectivity index (χ4v) is 2.77. The number of fused-ring (bicyclic) bond motifs is 3. The third-order valence-corrected chi connectivity index (χ3v) is 4.60. The molecule has 0 aliphatic rings. The summed E-state index contributed by atoms with van der Waals surface area (Å²) in [5, 5.41) is 3.13. The number of rotatable bonds is 0. The first-order chi connectivity index (χ1) is 8.09. The van der Waals surface area contributed by atoms with Crippen LogP contribution in [0.5, 0.6) is 0 Å². The minimum absolute atomic E-state index is 0.484. The smallest absolute Gasteiger partial charge is 0.139 e. The van der Waals surface area contributed by atoms with Crippen molar-refractivity contribution in [3.8, 4) is 0 Å². The fourth-order valence-electron chi connectivity index (χ4n) is 1.82. The van der Waals surface area contributed by atoms with Gasteiger partial charge in [0.2, 0.25) is 0 Å². The first kappa shape index (κ1) is 11.6. The Hall–Kier alpha value is -0.480. The highest BCUT2D eigenvalue weighted by Crippen LogP contribution is 2.40. The van der Waals surface area contributed by atoms with Gasteiger partial charge in [0.1, 0.15) is 5.65 Å². The normalized spacial score (nSPS) is 11.5. The molecular weight excluding hydrogens is 346 g/mol. The van der Waals surface area contributed by atoms with E-state index < -0.39 is 0 Å². The standard InChI is InChI=1S/C11H4BrCl3N2/c12-4-3-16-11-8(9(4)14)7-6(17-11)2-1-5(13)10(7)15/h1-3H,(H,16,17). The lowest BCUT2D eigenvalue weighted by Crippen LogP contribution is -1.78. The molecule has 17 heavy (non-hydrogen) atoms. The highest BCUT2D eigenvalue weighted by atomic mass is 79.9. The van der Waals surface area contributed by atoms with Crippen LogP contribution in [0.25, 0.3) is 21.9 Å². The average molecular weight is 350 g/mol. The van der Waals surface area contributed by atoms with E-state index in [-0.39, 0.29) is 0 Å². The summed E-state index contributed by atoms with van der Waals surface area (Å²) in [6.45, 7) is 0. The molecule has 2 aromatic heterocycles. The second kappa shape index (κ2) is 4.02. The summed E-state index contributed by atoms with van der Waals surface area (Å²) in [5.74, 6) is 0. The Bertz CT molecular complexity index is 689. The molecule has 0 unspecified atom stereocenters.